The molecule has 110 valence electrons. The van der Waals surface area contributed by atoms with E-state index < -0.39 is 0 Å². The lowest BCUT2D eigenvalue weighted by atomic mass is 10.1. The van der Waals surface area contributed by atoms with Gasteiger partial charge in [0.25, 0.3) is 0 Å². The molecule has 2 heterocycles. The monoisotopic (exact) mass is 283 g/mol. The first-order valence-electron chi connectivity index (χ1n) is 7.59. The molecular formula is C17H21N3O. The van der Waals surface area contributed by atoms with Crippen LogP contribution in [0.25, 0.3) is 0 Å². The molecule has 0 radical (unpaired) electrons. The van der Waals surface area contributed by atoms with Crippen molar-refractivity contribution in [2.45, 2.75) is 39.5 Å². The summed E-state index contributed by atoms with van der Waals surface area (Å²) < 4.78 is 5.93. The molecule has 0 saturated heterocycles. The van der Waals surface area contributed by atoms with Gasteiger partial charge in [0.1, 0.15) is 6.10 Å². The summed E-state index contributed by atoms with van der Waals surface area (Å²) in [5, 5.41) is 3.36. The highest BCUT2D eigenvalue weighted by atomic mass is 16.5. The lowest BCUT2D eigenvalue weighted by Crippen LogP contribution is -2.14. The quantitative estimate of drug-likeness (QED) is 0.916. The number of hydrogen-bond acceptors (Lipinski definition) is 4. The molecular weight excluding hydrogens is 262 g/mol. The molecule has 0 saturated carbocycles. The molecule has 1 atom stereocenters. The topological polar surface area (TPSA) is 47.0 Å². The number of benzene rings is 1. The van der Waals surface area contributed by atoms with Crippen LogP contribution in [0.5, 0.6) is 0 Å². The molecule has 0 fully saturated rings. The van der Waals surface area contributed by atoms with E-state index in [2.05, 4.69) is 24.4 Å². The van der Waals surface area contributed by atoms with Gasteiger partial charge < -0.3 is 10.1 Å². The lowest BCUT2D eigenvalue weighted by Gasteiger charge is -2.18. The van der Waals surface area contributed by atoms with Crippen LogP contribution < -0.4 is 5.32 Å². The lowest BCUT2D eigenvalue weighted by molar-refractivity contribution is 0.0848. The van der Waals surface area contributed by atoms with Crippen LogP contribution in [-0.4, -0.2) is 16.6 Å². The number of nitrogens with zero attached hydrogens (tertiary/aromatic N) is 2. The number of nitrogens with one attached hydrogen (secondary N) is 1. The van der Waals surface area contributed by atoms with Crippen molar-refractivity contribution >= 4 is 0 Å². The van der Waals surface area contributed by atoms with E-state index in [1.165, 1.54) is 5.56 Å². The molecule has 4 heteroatoms. The highest BCUT2D eigenvalue weighted by Gasteiger charge is 2.23. The van der Waals surface area contributed by atoms with Gasteiger partial charge in [-0.15, -0.1) is 0 Å². The Bertz CT molecular complexity index is 613. The van der Waals surface area contributed by atoms with Gasteiger partial charge in [0, 0.05) is 31.0 Å². The summed E-state index contributed by atoms with van der Waals surface area (Å²) >= 11 is 0. The molecule has 0 aliphatic carbocycles. The number of rotatable bonds is 5. The van der Waals surface area contributed by atoms with E-state index in [0.717, 1.165) is 42.3 Å². The van der Waals surface area contributed by atoms with E-state index in [-0.39, 0.29) is 6.10 Å². The highest BCUT2D eigenvalue weighted by molar-refractivity contribution is 5.32. The zero-order valence-corrected chi connectivity index (χ0v) is 12.6. The number of ether oxygens (including phenoxy) is 1. The summed E-state index contributed by atoms with van der Waals surface area (Å²) in [4.78, 5) is 9.54. The van der Waals surface area contributed by atoms with E-state index in [1.54, 1.807) is 0 Å². The van der Waals surface area contributed by atoms with Crippen molar-refractivity contribution in [3.8, 4) is 0 Å². The van der Waals surface area contributed by atoms with Crippen LogP contribution >= 0.6 is 0 Å². The summed E-state index contributed by atoms with van der Waals surface area (Å²) in [6.07, 6.45) is 0.736. The maximum absolute atomic E-state index is 5.93. The van der Waals surface area contributed by atoms with Gasteiger partial charge in [-0.3, -0.25) is 0 Å². The Morgan fingerprint density at radius 1 is 1.14 bits per heavy atom. The van der Waals surface area contributed by atoms with Gasteiger partial charge in [0.15, 0.2) is 5.82 Å². The molecule has 1 N–H and O–H groups in total. The summed E-state index contributed by atoms with van der Waals surface area (Å²) in [6, 6.07) is 10.2. The SMILES string of the molecule is CCOC(c1ccccc1)c1nc(CC)c2c(n1)CNC2. The Kier molecular flexibility index (Phi) is 4.27. The average Bonchev–Trinajstić information content (AvgIpc) is 3.01. The Balaban J connectivity index is 2.04. The van der Waals surface area contributed by atoms with Crippen LogP contribution in [0.4, 0.5) is 0 Å². The minimum absolute atomic E-state index is 0.188. The molecule has 21 heavy (non-hydrogen) atoms. The molecule has 1 unspecified atom stereocenters. The third-order valence-corrected chi connectivity index (χ3v) is 3.79. The number of fused-ring (bicyclic) bond motifs is 1. The molecule has 0 bridgehead atoms. The van der Waals surface area contributed by atoms with Crippen molar-refractivity contribution in [2.75, 3.05) is 6.61 Å². The Hall–Kier alpha value is -1.78. The second kappa shape index (κ2) is 6.33. The summed E-state index contributed by atoms with van der Waals surface area (Å²) in [6.45, 7) is 6.49. The Labute approximate surface area is 125 Å². The normalized spacial score (nSPS) is 15.0. The van der Waals surface area contributed by atoms with Gasteiger partial charge in [-0.1, -0.05) is 37.3 Å². The fourth-order valence-electron chi connectivity index (χ4n) is 2.78. The molecule has 3 rings (SSSR count). The molecule has 1 aliphatic heterocycles. The van der Waals surface area contributed by atoms with E-state index in [4.69, 9.17) is 14.7 Å². The predicted molar refractivity (Wildman–Crippen MR) is 81.9 cm³/mol. The van der Waals surface area contributed by atoms with E-state index in [9.17, 15) is 0 Å². The minimum atomic E-state index is -0.188. The fourth-order valence-corrected chi connectivity index (χ4v) is 2.78. The average molecular weight is 283 g/mol. The van der Waals surface area contributed by atoms with Crippen molar-refractivity contribution in [3.05, 3.63) is 58.7 Å². The maximum atomic E-state index is 5.93. The Morgan fingerprint density at radius 3 is 2.67 bits per heavy atom. The van der Waals surface area contributed by atoms with E-state index in [1.807, 2.05) is 25.1 Å². The largest absolute Gasteiger partial charge is 0.366 e. The first-order valence-corrected chi connectivity index (χ1v) is 7.59. The third-order valence-electron chi connectivity index (χ3n) is 3.79. The van der Waals surface area contributed by atoms with E-state index in [0.29, 0.717) is 6.61 Å². The second-order valence-corrected chi connectivity index (χ2v) is 5.16. The van der Waals surface area contributed by atoms with Crippen molar-refractivity contribution in [2.24, 2.45) is 0 Å². The van der Waals surface area contributed by atoms with E-state index >= 15 is 0 Å². The summed E-state index contributed by atoms with van der Waals surface area (Å²) in [7, 11) is 0. The number of aromatic nitrogens is 2. The van der Waals surface area contributed by atoms with Gasteiger partial charge in [0.05, 0.1) is 5.69 Å². The van der Waals surface area contributed by atoms with Crippen molar-refractivity contribution < 1.29 is 4.74 Å². The van der Waals surface area contributed by atoms with Gasteiger partial charge in [-0.05, 0) is 18.9 Å². The van der Waals surface area contributed by atoms with Gasteiger partial charge in [-0.2, -0.15) is 0 Å². The van der Waals surface area contributed by atoms with Crippen LogP contribution in [0.3, 0.4) is 0 Å². The van der Waals surface area contributed by atoms with Crippen LogP contribution in [0.15, 0.2) is 30.3 Å². The van der Waals surface area contributed by atoms with Crippen molar-refractivity contribution in [1.29, 1.82) is 0 Å². The van der Waals surface area contributed by atoms with Gasteiger partial charge in [-0.25, -0.2) is 9.97 Å². The highest BCUT2D eigenvalue weighted by Crippen LogP contribution is 2.26. The van der Waals surface area contributed by atoms with Gasteiger partial charge >= 0.3 is 0 Å². The van der Waals surface area contributed by atoms with Gasteiger partial charge in [0.2, 0.25) is 0 Å². The third kappa shape index (κ3) is 2.82. The zero-order chi connectivity index (χ0) is 14.7. The van der Waals surface area contributed by atoms with Crippen molar-refractivity contribution in [1.82, 2.24) is 15.3 Å². The molecule has 1 aromatic carbocycles. The zero-order valence-electron chi connectivity index (χ0n) is 12.6. The first-order chi connectivity index (χ1) is 10.3. The number of hydrogen-bond donors (Lipinski definition) is 1. The summed E-state index contributed by atoms with van der Waals surface area (Å²) in [5.41, 5.74) is 4.63. The molecule has 0 amide bonds. The van der Waals surface area contributed by atoms with Crippen LogP contribution in [0, 0.1) is 0 Å². The van der Waals surface area contributed by atoms with Crippen LogP contribution in [0.1, 0.15) is 48.3 Å². The van der Waals surface area contributed by atoms with Crippen LogP contribution in [-0.2, 0) is 24.2 Å². The summed E-state index contributed by atoms with van der Waals surface area (Å²) in [5.74, 6) is 0.780. The second-order valence-electron chi connectivity index (χ2n) is 5.16. The molecule has 2 aromatic rings. The standard InChI is InChI=1S/C17H21N3O/c1-3-14-13-10-18-11-15(13)20-17(19-14)16(21-4-2)12-8-6-5-7-9-12/h5-9,16,18H,3-4,10-11H2,1-2H3. The molecule has 1 aliphatic rings. The fraction of sp³-hybridized carbons (Fsp3) is 0.412. The molecule has 1 aromatic heterocycles. The van der Waals surface area contributed by atoms with Crippen molar-refractivity contribution in [3.63, 3.8) is 0 Å². The Morgan fingerprint density at radius 2 is 1.95 bits per heavy atom. The first kappa shape index (κ1) is 14.2. The smallest absolute Gasteiger partial charge is 0.162 e. The molecule has 0 spiro atoms. The van der Waals surface area contributed by atoms with Crippen LogP contribution in [0.2, 0.25) is 0 Å². The predicted octanol–water partition coefficient (Wildman–Crippen LogP) is 2.77. The number of aryl methyl sites for hydroxylation is 1. The maximum Gasteiger partial charge on any atom is 0.162 e. The molecule has 4 nitrogen and oxygen atoms in total. The minimum Gasteiger partial charge on any atom is -0.366 e.